The molecule has 0 bridgehead atoms. The molecule has 0 radical (unpaired) electrons. The molecule has 1 heterocycles. The van der Waals surface area contributed by atoms with Crippen LogP contribution in [0.25, 0.3) is 0 Å². The average Bonchev–Trinajstić information content (AvgIpc) is 3.08. The summed E-state index contributed by atoms with van der Waals surface area (Å²) in [5, 5.41) is 0.0646. The van der Waals surface area contributed by atoms with E-state index in [0.717, 1.165) is 4.47 Å². The second-order valence-corrected chi connectivity index (χ2v) is 8.15. The largest absolute Gasteiger partial charge is 0.437 e. The lowest BCUT2D eigenvalue weighted by Crippen LogP contribution is -2.07. The molecule has 1 aromatic heterocycles. The Balaban J connectivity index is 1.82. The molecule has 0 unspecified atom stereocenters. The summed E-state index contributed by atoms with van der Waals surface area (Å²) in [7, 11) is -3.89. The van der Waals surface area contributed by atoms with Gasteiger partial charge in [-0.05, 0) is 60.7 Å². The molecule has 2 aromatic carbocycles. The lowest BCUT2D eigenvalue weighted by molar-refractivity contribution is 0.0695. The third-order valence-corrected chi connectivity index (χ3v) is 5.62. The Morgan fingerprint density at radius 1 is 0.960 bits per heavy atom. The van der Waals surface area contributed by atoms with Gasteiger partial charge in [0.15, 0.2) is 0 Å². The van der Waals surface area contributed by atoms with Gasteiger partial charge < -0.3 is 9.15 Å². The minimum absolute atomic E-state index is 0.0130. The van der Waals surface area contributed by atoms with Gasteiger partial charge in [0.25, 0.3) is 0 Å². The molecule has 3 rings (SSSR count). The Morgan fingerprint density at radius 2 is 1.60 bits per heavy atom. The molecule has 0 atom stereocenters. The molecule has 0 aliphatic heterocycles. The highest BCUT2D eigenvalue weighted by atomic mass is 79.9. The number of hydrogen-bond donors (Lipinski definition) is 0. The summed E-state index contributed by atoms with van der Waals surface area (Å²) < 4.78 is 36.1. The second kappa shape index (κ2) is 7.03. The zero-order valence-corrected chi connectivity index (χ0v) is 15.6. The van der Waals surface area contributed by atoms with Crippen LogP contribution in [0.3, 0.4) is 0 Å². The Bertz CT molecular complexity index is 1010. The second-order valence-electron chi connectivity index (χ2n) is 4.92. The number of benzene rings is 2. The standard InChI is InChI=1S/C17H10BrClO5S/c18-11-1-5-13(6-2-11)23-17(20)15-9-10-16(24-15)25(21,22)14-7-3-12(19)4-8-14/h1-10H. The van der Waals surface area contributed by atoms with E-state index in [2.05, 4.69) is 15.9 Å². The number of rotatable bonds is 4. The zero-order chi connectivity index (χ0) is 18.0. The van der Waals surface area contributed by atoms with Crippen LogP contribution in [-0.2, 0) is 9.84 Å². The van der Waals surface area contributed by atoms with Crippen LogP contribution in [0.15, 0.2) is 79.5 Å². The van der Waals surface area contributed by atoms with E-state index in [-0.39, 0.29) is 15.7 Å². The van der Waals surface area contributed by atoms with E-state index in [1.165, 1.54) is 36.4 Å². The van der Waals surface area contributed by atoms with Crippen molar-refractivity contribution in [3.05, 3.63) is 75.9 Å². The predicted octanol–water partition coefficient (Wildman–Crippen LogP) is 4.75. The normalized spacial score (nSPS) is 11.3. The van der Waals surface area contributed by atoms with E-state index in [1.807, 2.05) is 0 Å². The van der Waals surface area contributed by atoms with E-state index >= 15 is 0 Å². The summed E-state index contributed by atoms with van der Waals surface area (Å²) in [6, 6.07) is 14.7. The van der Waals surface area contributed by atoms with E-state index in [9.17, 15) is 13.2 Å². The molecule has 0 spiro atoms. The Morgan fingerprint density at radius 3 is 2.24 bits per heavy atom. The average molecular weight is 442 g/mol. The van der Waals surface area contributed by atoms with Crippen molar-refractivity contribution in [2.75, 3.05) is 0 Å². The molecule has 5 nitrogen and oxygen atoms in total. The van der Waals surface area contributed by atoms with Crippen molar-refractivity contribution in [2.45, 2.75) is 9.99 Å². The number of esters is 1. The van der Waals surface area contributed by atoms with Crippen LogP contribution in [0.4, 0.5) is 0 Å². The van der Waals surface area contributed by atoms with Crippen LogP contribution < -0.4 is 4.74 Å². The van der Waals surface area contributed by atoms with Gasteiger partial charge in [-0.3, -0.25) is 0 Å². The highest BCUT2D eigenvalue weighted by molar-refractivity contribution is 9.10. The Kier molecular flexibility index (Phi) is 4.99. The van der Waals surface area contributed by atoms with Crippen molar-refractivity contribution in [1.29, 1.82) is 0 Å². The first-order valence-electron chi connectivity index (χ1n) is 6.94. The lowest BCUT2D eigenvalue weighted by atomic mass is 10.3. The number of carbonyl (C=O) groups is 1. The van der Waals surface area contributed by atoms with E-state index in [1.54, 1.807) is 24.3 Å². The Hall–Kier alpha value is -2.09. The smallest absolute Gasteiger partial charge is 0.379 e. The minimum atomic E-state index is -3.89. The number of furan rings is 1. The summed E-state index contributed by atoms with van der Waals surface area (Å²) in [4.78, 5) is 12.1. The summed E-state index contributed by atoms with van der Waals surface area (Å²) >= 11 is 9.03. The van der Waals surface area contributed by atoms with Crippen LogP contribution in [0.1, 0.15) is 10.6 Å². The van der Waals surface area contributed by atoms with Crippen molar-refractivity contribution >= 4 is 43.3 Å². The molecule has 0 N–H and O–H groups in total. The van der Waals surface area contributed by atoms with Crippen molar-refractivity contribution < 1.29 is 22.4 Å². The van der Waals surface area contributed by atoms with Gasteiger partial charge >= 0.3 is 5.97 Å². The summed E-state index contributed by atoms with van der Waals surface area (Å²) in [6.07, 6.45) is 0. The molecule has 0 aliphatic carbocycles. The molecule has 0 fully saturated rings. The molecule has 0 amide bonds. The fraction of sp³-hybridized carbons (Fsp3) is 0. The highest BCUT2D eigenvalue weighted by Crippen LogP contribution is 2.25. The van der Waals surface area contributed by atoms with Crippen LogP contribution in [0, 0.1) is 0 Å². The number of hydrogen-bond acceptors (Lipinski definition) is 5. The fourth-order valence-corrected chi connectivity index (χ4v) is 3.53. The highest BCUT2D eigenvalue weighted by Gasteiger charge is 2.24. The first kappa shape index (κ1) is 17.7. The predicted molar refractivity (Wildman–Crippen MR) is 94.7 cm³/mol. The maximum atomic E-state index is 12.5. The summed E-state index contributed by atoms with van der Waals surface area (Å²) in [5.74, 6) is -0.693. The molecule has 3 aromatic rings. The van der Waals surface area contributed by atoms with E-state index in [0.29, 0.717) is 10.8 Å². The molecule has 128 valence electrons. The van der Waals surface area contributed by atoms with Crippen LogP contribution in [0.5, 0.6) is 5.75 Å². The number of ether oxygens (including phenoxy) is 1. The molecule has 8 heteroatoms. The van der Waals surface area contributed by atoms with Gasteiger partial charge in [0, 0.05) is 9.50 Å². The molecule has 0 saturated heterocycles. The molecule has 25 heavy (non-hydrogen) atoms. The summed E-state index contributed by atoms with van der Waals surface area (Å²) in [5.41, 5.74) is 0. The Labute approximate surface area is 157 Å². The lowest BCUT2D eigenvalue weighted by Gasteiger charge is -2.03. The minimum Gasteiger partial charge on any atom is -0.437 e. The van der Waals surface area contributed by atoms with E-state index < -0.39 is 15.8 Å². The maximum Gasteiger partial charge on any atom is 0.379 e. The van der Waals surface area contributed by atoms with E-state index in [4.69, 9.17) is 20.8 Å². The van der Waals surface area contributed by atoms with Gasteiger partial charge in [-0.1, -0.05) is 27.5 Å². The van der Waals surface area contributed by atoms with Gasteiger partial charge in [0.1, 0.15) is 5.75 Å². The third kappa shape index (κ3) is 3.95. The molecular formula is C17H10BrClO5S. The quantitative estimate of drug-likeness (QED) is 0.431. The maximum absolute atomic E-state index is 12.5. The van der Waals surface area contributed by atoms with Crippen molar-refractivity contribution in [2.24, 2.45) is 0 Å². The monoisotopic (exact) mass is 440 g/mol. The SMILES string of the molecule is O=C(Oc1ccc(Br)cc1)c1ccc(S(=O)(=O)c2ccc(Cl)cc2)o1. The van der Waals surface area contributed by atoms with Gasteiger partial charge in [-0.25, -0.2) is 13.2 Å². The first-order chi connectivity index (χ1) is 11.9. The fourth-order valence-electron chi connectivity index (χ4n) is 1.96. The first-order valence-corrected chi connectivity index (χ1v) is 9.60. The summed E-state index contributed by atoms with van der Waals surface area (Å²) in [6.45, 7) is 0. The topological polar surface area (TPSA) is 73.6 Å². The zero-order valence-electron chi connectivity index (χ0n) is 12.5. The molecule has 0 aliphatic rings. The van der Waals surface area contributed by atoms with Gasteiger partial charge in [-0.2, -0.15) is 0 Å². The molecular weight excluding hydrogens is 432 g/mol. The molecule has 0 saturated carbocycles. The number of carbonyl (C=O) groups excluding carboxylic acids is 1. The van der Waals surface area contributed by atoms with Crippen LogP contribution >= 0.6 is 27.5 Å². The van der Waals surface area contributed by atoms with Crippen LogP contribution in [0.2, 0.25) is 5.02 Å². The van der Waals surface area contributed by atoms with Crippen molar-refractivity contribution in [3.8, 4) is 5.75 Å². The number of sulfone groups is 1. The van der Waals surface area contributed by atoms with Gasteiger partial charge in [0.05, 0.1) is 4.90 Å². The van der Waals surface area contributed by atoms with Crippen molar-refractivity contribution in [1.82, 2.24) is 0 Å². The van der Waals surface area contributed by atoms with Gasteiger partial charge in [-0.15, -0.1) is 0 Å². The van der Waals surface area contributed by atoms with Gasteiger partial charge in [0.2, 0.25) is 20.7 Å². The number of halogens is 2. The van der Waals surface area contributed by atoms with Crippen molar-refractivity contribution in [3.63, 3.8) is 0 Å². The van der Waals surface area contributed by atoms with Crippen LogP contribution in [-0.4, -0.2) is 14.4 Å². The third-order valence-electron chi connectivity index (χ3n) is 3.20.